The summed E-state index contributed by atoms with van der Waals surface area (Å²) in [7, 11) is 0. The van der Waals surface area contributed by atoms with Gasteiger partial charge in [0.15, 0.2) is 0 Å². The molecule has 1 nitrogen and oxygen atoms in total. The first-order chi connectivity index (χ1) is 10.7. The van der Waals surface area contributed by atoms with Gasteiger partial charge in [-0.2, -0.15) is 0 Å². The third kappa shape index (κ3) is 5.94. The van der Waals surface area contributed by atoms with Crippen LogP contribution in [-0.4, -0.2) is 6.54 Å². The van der Waals surface area contributed by atoms with E-state index in [1.807, 2.05) is 26.0 Å². The van der Waals surface area contributed by atoms with Crippen molar-refractivity contribution in [2.45, 2.75) is 40.2 Å². The molecule has 0 saturated heterocycles. The smallest absolute Gasteiger partial charge is 0.263 e. The number of rotatable bonds is 6. The van der Waals surface area contributed by atoms with Crippen LogP contribution in [0.5, 0.6) is 0 Å². The Morgan fingerprint density at radius 3 is 2.18 bits per heavy atom. The average molecular weight is 305 g/mol. The molecule has 0 amide bonds. The Hall–Kier alpha value is -1.74. The molecule has 0 atom stereocenters. The van der Waals surface area contributed by atoms with Crippen molar-refractivity contribution in [3.05, 3.63) is 70.8 Å². The number of hydrogen-bond acceptors (Lipinski definition) is 1. The van der Waals surface area contributed by atoms with Crippen molar-refractivity contribution in [3.8, 4) is 0 Å². The lowest BCUT2D eigenvalue weighted by atomic mass is 10.1. The lowest BCUT2D eigenvalue weighted by Gasteiger charge is -2.08. The maximum atomic E-state index is 12.4. The minimum atomic E-state index is -2.39. The molecule has 0 heterocycles. The van der Waals surface area contributed by atoms with Gasteiger partial charge in [0.2, 0.25) is 0 Å². The van der Waals surface area contributed by atoms with E-state index in [1.54, 1.807) is 12.1 Å². The molecule has 0 radical (unpaired) electrons. The molecule has 0 aliphatic heterocycles. The van der Waals surface area contributed by atoms with Crippen LogP contribution in [0.25, 0.3) is 0 Å². The van der Waals surface area contributed by atoms with E-state index in [2.05, 4.69) is 24.4 Å². The minimum Gasteiger partial charge on any atom is -0.312 e. The van der Waals surface area contributed by atoms with Crippen molar-refractivity contribution in [1.82, 2.24) is 5.32 Å². The molecule has 22 heavy (non-hydrogen) atoms. The average Bonchev–Trinajstić information content (AvgIpc) is 2.55. The normalized spacial score (nSPS) is 10.3. The van der Waals surface area contributed by atoms with Crippen molar-refractivity contribution in [2.24, 2.45) is 0 Å². The molecule has 120 valence electrons. The molecular formula is C19H25F2N. The van der Waals surface area contributed by atoms with E-state index >= 15 is 0 Å². The summed E-state index contributed by atoms with van der Waals surface area (Å²) < 4.78 is 24.8. The van der Waals surface area contributed by atoms with Crippen LogP contribution in [0.3, 0.4) is 0 Å². The molecule has 0 aliphatic rings. The number of hydrogen-bond donors (Lipinski definition) is 1. The zero-order valence-electron chi connectivity index (χ0n) is 13.6. The molecule has 0 bridgehead atoms. The summed E-state index contributed by atoms with van der Waals surface area (Å²) in [6, 6.07) is 14.8. The third-order valence-electron chi connectivity index (χ3n) is 3.40. The minimum absolute atomic E-state index is 0.0848. The molecule has 0 aromatic heterocycles. The predicted molar refractivity (Wildman–Crippen MR) is 89.3 cm³/mol. The van der Waals surface area contributed by atoms with Crippen LogP contribution in [-0.2, 0) is 13.0 Å². The predicted octanol–water partition coefficient (Wildman–Crippen LogP) is 5.29. The van der Waals surface area contributed by atoms with Gasteiger partial charge in [0, 0.05) is 12.1 Å². The fraction of sp³-hybridized carbons (Fsp3) is 0.368. The molecule has 0 aliphatic carbocycles. The Labute approximate surface area is 132 Å². The fourth-order valence-electron chi connectivity index (χ4n) is 2.09. The summed E-state index contributed by atoms with van der Waals surface area (Å²) in [5.74, 6) is 0. The summed E-state index contributed by atoms with van der Waals surface area (Å²) in [5, 5.41) is 3.38. The molecule has 0 unspecified atom stereocenters. The quantitative estimate of drug-likeness (QED) is 0.715. The molecule has 1 N–H and O–H groups in total. The van der Waals surface area contributed by atoms with Gasteiger partial charge < -0.3 is 5.32 Å². The van der Waals surface area contributed by atoms with Gasteiger partial charge in [0.05, 0.1) is 0 Å². The first kappa shape index (κ1) is 18.3. The lowest BCUT2D eigenvalue weighted by molar-refractivity contribution is 0.151. The Bertz CT molecular complexity index is 535. The second kappa shape index (κ2) is 10.1. The largest absolute Gasteiger partial charge is 0.312 e. The SMILES string of the molecule is CC.Cc1ccccc1CNCCc1ccc(C(F)F)cc1. The lowest BCUT2D eigenvalue weighted by Crippen LogP contribution is -2.17. The van der Waals surface area contributed by atoms with Crippen molar-refractivity contribution in [2.75, 3.05) is 6.54 Å². The van der Waals surface area contributed by atoms with E-state index in [-0.39, 0.29) is 5.56 Å². The number of halogens is 2. The van der Waals surface area contributed by atoms with Gasteiger partial charge in [0.1, 0.15) is 0 Å². The standard InChI is InChI=1S/C17H19F2N.C2H6/c1-13-4-2-3-5-16(13)12-20-11-10-14-6-8-15(9-7-14)17(18)19;1-2/h2-9,17,20H,10-12H2,1H3;1-2H3. The highest BCUT2D eigenvalue weighted by Crippen LogP contribution is 2.18. The Morgan fingerprint density at radius 1 is 0.955 bits per heavy atom. The summed E-state index contributed by atoms with van der Waals surface area (Å²) in [6.45, 7) is 7.77. The molecule has 3 heteroatoms. The Balaban J connectivity index is 0.00000116. The van der Waals surface area contributed by atoms with E-state index < -0.39 is 6.43 Å². The maximum Gasteiger partial charge on any atom is 0.263 e. The molecule has 0 spiro atoms. The van der Waals surface area contributed by atoms with E-state index in [0.29, 0.717) is 0 Å². The number of benzene rings is 2. The molecule has 0 fully saturated rings. The van der Waals surface area contributed by atoms with Gasteiger partial charge in [-0.3, -0.25) is 0 Å². The third-order valence-corrected chi connectivity index (χ3v) is 3.40. The van der Waals surface area contributed by atoms with Crippen molar-refractivity contribution >= 4 is 0 Å². The van der Waals surface area contributed by atoms with Crippen LogP contribution < -0.4 is 5.32 Å². The Kier molecular flexibility index (Phi) is 8.38. The van der Waals surface area contributed by atoms with Crippen molar-refractivity contribution in [1.29, 1.82) is 0 Å². The summed E-state index contributed by atoms with van der Waals surface area (Å²) >= 11 is 0. The molecular weight excluding hydrogens is 280 g/mol. The number of aryl methyl sites for hydroxylation is 1. The number of nitrogens with one attached hydrogen (secondary N) is 1. The molecule has 2 aromatic rings. The van der Waals surface area contributed by atoms with Gasteiger partial charge in [-0.1, -0.05) is 62.4 Å². The topological polar surface area (TPSA) is 12.0 Å². The zero-order valence-corrected chi connectivity index (χ0v) is 13.6. The van der Waals surface area contributed by atoms with E-state index in [1.165, 1.54) is 23.3 Å². The van der Waals surface area contributed by atoms with Crippen LogP contribution in [0, 0.1) is 6.92 Å². The highest BCUT2D eigenvalue weighted by molar-refractivity contribution is 5.25. The van der Waals surface area contributed by atoms with Gasteiger partial charge in [-0.05, 0) is 36.6 Å². The highest BCUT2D eigenvalue weighted by atomic mass is 19.3. The van der Waals surface area contributed by atoms with Crippen LogP contribution >= 0.6 is 0 Å². The highest BCUT2D eigenvalue weighted by Gasteiger charge is 2.05. The molecule has 0 saturated carbocycles. The second-order valence-electron chi connectivity index (χ2n) is 4.90. The van der Waals surface area contributed by atoms with Crippen molar-refractivity contribution < 1.29 is 8.78 Å². The summed E-state index contributed by atoms with van der Waals surface area (Å²) in [4.78, 5) is 0. The number of alkyl halides is 2. The van der Waals surface area contributed by atoms with E-state index in [4.69, 9.17) is 0 Å². The summed E-state index contributed by atoms with van der Waals surface area (Å²) in [6.07, 6.45) is -1.54. The summed E-state index contributed by atoms with van der Waals surface area (Å²) in [5.41, 5.74) is 3.73. The monoisotopic (exact) mass is 305 g/mol. The second-order valence-corrected chi connectivity index (χ2v) is 4.90. The van der Waals surface area contributed by atoms with Crippen LogP contribution in [0.2, 0.25) is 0 Å². The van der Waals surface area contributed by atoms with Crippen molar-refractivity contribution in [3.63, 3.8) is 0 Å². The van der Waals surface area contributed by atoms with Gasteiger partial charge in [-0.15, -0.1) is 0 Å². The maximum absolute atomic E-state index is 12.4. The molecule has 2 rings (SSSR count). The van der Waals surface area contributed by atoms with Gasteiger partial charge in [-0.25, -0.2) is 8.78 Å². The van der Waals surface area contributed by atoms with Crippen LogP contribution in [0.4, 0.5) is 8.78 Å². The van der Waals surface area contributed by atoms with Crippen LogP contribution in [0.1, 0.15) is 42.5 Å². The van der Waals surface area contributed by atoms with E-state index in [9.17, 15) is 8.78 Å². The first-order valence-electron chi connectivity index (χ1n) is 7.79. The van der Waals surface area contributed by atoms with Crippen LogP contribution in [0.15, 0.2) is 48.5 Å². The van der Waals surface area contributed by atoms with E-state index in [0.717, 1.165) is 25.1 Å². The fourth-order valence-corrected chi connectivity index (χ4v) is 2.09. The Morgan fingerprint density at radius 2 is 1.59 bits per heavy atom. The molecule has 2 aromatic carbocycles. The van der Waals surface area contributed by atoms with Gasteiger partial charge >= 0.3 is 0 Å². The first-order valence-corrected chi connectivity index (χ1v) is 7.79. The van der Waals surface area contributed by atoms with Gasteiger partial charge in [0.25, 0.3) is 6.43 Å². The zero-order chi connectivity index (χ0) is 16.4.